The van der Waals surface area contributed by atoms with Crippen LogP contribution in [0.3, 0.4) is 0 Å². The molecule has 2 N–H and O–H groups in total. The van der Waals surface area contributed by atoms with Crippen molar-refractivity contribution in [1.29, 1.82) is 0 Å². The van der Waals surface area contributed by atoms with Gasteiger partial charge in [0.25, 0.3) is 5.91 Å². The van der Waals surface area contributed by atoms with Gasteiger partial charge in [0.1, 0.15) is 0 Å². The van der Waals surface area contributed by atoms with E-state index in [9.17, 15) is 9.59 Å². The van der Waals surface area contributed by atoms with Gasteiger partial charge in [-0.3, -0.25) is 20.4 Å². The van der Waals surface area contributed by atoms with Crippen molar-refractivity contribution in [1.82, 2.24) is 10.9 Å². The molecule has 23 heavy (non-hydrogen) atoms. The van der Waals surface area contributed by atoms with Crippen LogP contribution in [0.4, 0.5) is 0 Å². The van der Waals surface area contributed by atoms with Crippen LogP contribution >= 0.6 is 0 Å². The van der Waals surface area contributed by atoms with Crippen molar-refractivity contribution < 1.29 is 23.8 Å². The van der Waals surface area contributed by atoms with E-state index >= 15 is 0 Å². The van der Waals surface area contributed by atoms with Gasteiger partial charge in [-0.1, -0.05) is 19.8 Å². The zero-order valence-electron chi connectivity index (χ0n) is 14.0. The molecule has 7 nitrogen and oxygen atoms in total. The molecule has 0 heterocycles. The van der Waals surface area contributed by atoms with Crippen LogP contribution in [-0.2, 0) is 4.79 Å². The molecule has 1 aromatic rings. The van der Waals surface area contributed by atoms with Gasteiger partial charge in [-0.15, -0.1) is 0 Å². The summed E-state index contributed by atoms with van der Waals surface area (Å²) in [6, 6.07) is 3.03. The molecule has 1 aromatic carbocycles. The highest BCUT2D eigenvalue weighted by molar-refractivity contribution is 5.96. The molecule has 0 aliphatic heterocycles. The van der Waals surface area contributed by atoms with Gasteiger partial charge in [-0.05, 0) is 18.6 Å². The average molecular weight is 324 g/mol. The molecule has 7 heteroatoms. The topological polar surface area (TPSA) is 85.9 Å². The van der Waals surface area contributed by atoms with Crippen LogP contribution in [0, 0.1) is 0 Å². The summed E-state index contributed by atoms with van der Waals surface area (Å²) >= 11 is 0. The third-order valence-corrected chi connectivity index (χ3v) is 3.25. The molecule has 0 fully saturated rings. The zero-order valence-corrected chi connectivity index (χ0v) is 14.0. The number of ether oxygens (including phenoxy) is 3. The summed E-state index contributed by atoms with van der Waals surface area (Å²) in [7, 11) is 4.42. The van der Waals surface area contributed by atoms with Crippen molar-refractivity contribution in [2.24, 2.45) is 0 Å². The Hall–Kier alpha value is -2.44. The molecule has 0 atom stereocenters. The first kappa shape index (κ1) is 18.6. The Bertz CT molecular complexity index is 520. The van der Waals surface area contributed by atoms with E-state index in [1.165, 1.54) is 33.5 Å². The van der Waals surface area contributed by atoms with E-state index in [1.807, 2.05) is 0 Å². The van der Waals surface area contributed by atoms with Crippen LogP contribution in [0.15, 0.2) is 12.1 Å². The van der Waals surface area contributed by atoms with E-state index < -0.39 is 5.91 Å². The lowest BCUT2D eigenvalue weighted by Gasteiger charge is -2.14. The van der Waals surface area contributed by atoms with E-state index in [1.54, 1.807) is 0 Å². The van der Waals surface area contributed by atoms with Crippen LogP contribution in [0.1, 0.15) is 43.0 Å². The van der Waals surface area contributed by atoms with Crippen molar-refractivity contribution in [2.45, 2.75) is 32.6 Å². The number of unbranched alkanes of at least 4 members (excludes halogenated alkanes) is 2. The highest BCUT2D eigenvalue weighted by Gasteiger charge is 2.17. The first-order valence-corrected chi connectivity index (χ1v) is 7.46. The lowest BCUT2D eigenvalue weighted by molar-refractivity contribution is -0.121. The molecule has 0 unspecified atom stereocenters. The molecule has 2 amide bonds. The Balaban J connectivity index is 2.74. The maximum Gasteiger partial charge on any atom is 0.269 e. The van der Waals surface area contributed by atoms with E-state index in [2.05, 4.69) is 17.8 Å². The Morgan fingerprint density at radius 1 is 0.957 bits per heavy atom. The number of hydrogen-bond donors (Lipinski definition) is 2. The molecular formula is C16H24N2O5. The molecule has 0 aromatic heterocycles. The Morgan fingerprint density at radius 3 is 2.04 bits per heavy atom. The second-order valence-electron chi connectivity index (χ2n) is 4.87. The lowest BCUT2D eigenvalue weighted by atomic mass is 10.1. The molecule has 0 spiro atoms. The van der Waals surface area contributed by atoms with Gasteiger partial charge in [-0.25, -0.2) is 0 Å². The number of nitrogens with one attached hydrogen (secondary N) is 2. The predicted octanol–water partition coefficient (Wildman–Crippen LogP) is 2.05. The minimum atomic E-state index is -0.465. The standard InChI is InChI=1S/C16H24N2O5/c1-5-6-7-8-14(19)17-18-16(20)11-9-12(21-2)15(23-4)13(10-11)22-3/h9-10H,5-8H2,1-4H3,(H,17,19)(H,18,20). The number of carbonyl (C=O) groups excluding carboxylic acids is 2. The summed E-state index contributed by atoms with van der Waals surface area (Å²) in [6.07, 6.45) is 3.19. The highest BCUT2D eigenvalue weighted by atomic mass is 16.5. The second-order valence-corrected chi connectivity index (χ2v) is 4.87. The minimum absolute atomic E-state index is 0.223. The van der Waals surface area contributed by atoms with Crippen LogP contribution < -0.4 is 25.1 Å². The summed E-state index contributed by atoms with van der Waals surface area (Å²) in [6.45, 7) is 2.06. The predicted molar refractivity (Wildman–Crippen MR) is 85.8 cm³/mol. The van der Waals surface area contributed by atoms with Gasteiger partial charge in [0.05, 0.1) is 21.3 Å². The molecule has 0 aliphatic rings. The fourth-order valence-corrected chi connectivity index (χ4v) is 2.01. The fraction of sp³-hybridized carbons (Fsp3) is 0.500. The summed E-state index contributed by atoms with van der Waals surface area (Å²) in [5, 5.41) is 0. The monoisotopic (exact) mass is 324 g/mol. The molecule has 0 radical (unpaired) electrons. The van der Waals surface area contributed by atoms with E-state index in [0.717, 1.165) is 19.3 Å². The van der Waals surface area contributed by atoms with Crippen molar-refractivity contribution in [3.05, 3.63) is 17.7 Å². The van der Waals surface area contributed by atoms with Crippen LogP contribution in [0.25, 0.3) is 0 Å². The highest BCUT2D eigenvalue weighted by Crippen LogP contribution is 2.38. The normalized spacial score (nSPS) is 9.91. The average Bonchev–Trinajstić information content (AvgIpc) is 2.58. The zero-order chi connectivity index (χ0) is 17.2. The van der Waals surface area contributed by atoms with Crippen molar-refractivity contribution in [3.63, 3.8) is 0 Å². The van der Waals surface area contributed by atoms with Crippen LogP contribution in [-0.4, -0.2) is 33.1 Å². The second kappa shape index (κ2) is 9.55. The van der Waals surface area contributed by atoms with Gasteiger partial charge in [0.2, 0.25) is 11.7 Å². The number of benzene rings is 1. The largest absolute Gasteiger partial charge is 0.493 e. The molecule has 0 saturated heterocycles. The number of amides is 2. The Kier molecular flexibility index (Phi) is 7.73. The summed E-state index contributed by atoms with van der Waals surface area (Å²) in [4.78, 5) is 23.7. The van der Waals surface area contributed by atoms with Gasteiger partial charge in [-0.2, -0.15) is 0 Å². The van der Waals surface area contributed by atoms with E-state index in [4.69, 9.17) is 14.2 Å². The number of rotatable bonds is 8. The molecule has 1 rings (SSSR count). The molecular weight excluding hydrogens is 300 g/mol. The summed E-state index contributed by atoms with van der Waals surface area (Å²) in [5.74, 6) is 0.444. The van der Waals surface area contributed by atoms with Crippen LogP contribution in [0.2, 0.25) is 0 Å². The Morgan fingerprint density at radius 2 is 1.57 bits per heavy atom. The first-order valence-electron chi connectivity index (χ1n) is 7.46. The van der Waals surface area contributed by atoms with Crippen molar-refractivity contribution >= 4 is 11.8 Å². The molecule has 0 bridgehead atoms. The number of methoxy groups -OCH3 is 3. The van der Waals surface area contributed by atoms with Crippen molar-refractivity contribution in [2.75, 3.05) is 21.3 Å². The maximum absolute atomic E-state index is 12.1. The number of hydrazine groups is 1. The van der Waals surface area contributed by atoms with E-state index in [-0.39, 0.29) is 11.5 Å². The van der Waals surface area contributed by atoms with Crippen molar-refractivity contribution in [3.8, 4) is 17.2 Å². The third-order valence-electron chi connectivity index (χ3n) is 3.25. The van der Waals surface area contributed by atoms with E-state index in [0.29, 0.717) is 23.7 Å². The van der Waals surface area contributed by atoms with Gasteiger partial charge >= 0.3 is 0 Å². The lowest BCUT2D eigenvalue weighted by Crippen LogP contribution is -2.41. The number of carbonyl (C=O) groups is 2. The minimum Gasteiger partial charge on any atom is -0.493 e. The fourth-order valence-electron chi connectivity index (χ4n) is 2.01. The summed E-state index contributed by atoms with van der Waals surface area (Å²) in [5.41, 5.74) is 5.05. The number of hydrogen-bond acceptors (Lipinski definition) is 5. The quantitative estimate of drug-likeness (QED) is 0.565. The third kappa shape index (κ3) is 5.36. The van der Waals surface area contributed by atoms with Gasteiger partial charge in [0.15, 0.2) is 11.5 Å². The van der Waals surface area contributed by atoms with Gasteiger partial charge < -0.3 is 14.2 Å². The Labute approximate surface area is 136 Å². The van der Waals surface area contributed by atoms with Gasteiger partial charge in [0, 0.05) is 12.0 Å². The smallest absolute Gasteiger partial charge is 0.269 e. The van der Waals surface area contributed by atoms with Crippen LogP contribution in [0.5, 0.6) is 17.2 Å². The molecule has 128 valence electrons. The molecule has 0 saturated carbocycles. The SMILES string of the molecule is CCCCCC(=O)NNC(=O)c1cc(OC)c(OC)c(OC)c1. The molecule has 0 aliphatic carbocycles. The summed E-state index contributed by atoms with van der Waals surface area (Å²) < 4.78 is 15.6. The first-order chi connectivity index (χ1) is 11.1. The maximum atomic E-state index is 12.1.